The lowest BCUT2D eigenvalue weighted by atomic mass is 9.68. The van der Waals surface area contributed by atoms with Crippen LogP contribution in [0.2, 0.25) is 0 Å². The van der Waals surface area contributed by atoms with E-state index in [1.807, 2.05) is 27.7 Å². The van der Waals surface area contributed by atoms with Gasteiger partial charge in [-0.1, -0.05) is 42.3 Å². The van der Waals surface area contributed by atoms with E-state index >= 15 is 0 Å². The van der Waals surface area contributed by atoms with Crippen LogP contribution in [-0.2, 0) is 9.59 Å². The lowest BCUT2D eigenvalue weighted by molar-refractivity contribution is -0.140. The van der Waals surface area contributed by atoms with E-state index in [0.717, 1.165) is 11.1 Å². The van der Waals surface area contributed by atoms with Gasteiger partial charge in [0.05, 0.1) is 5.57 Å². The first-order valence-electron chi connectivity index (χ1n) is 9.46. The summed E-state index contributed by atoms with van der Waals surface area (Å²) in [6.07, 6.45) is 3.43. The Hall–Kier alpha value is -2.28. The number of hydrogen-bond donors (Lipinski definition) is 1. The number of ketones is 2. The van der Waals surface area contributed by atoms with Crippen LogP contribution in [0.25, 0.3) is 0 Å². The zero-order valence-electron chi connectivity index (χ0n) is 17.5. The minimum atomic E-state index is -2.19. The van der Waals surface area contributed by atoms with Crippen molar-refractivity contribution < 1.29 is 14.7 Å². The van der Waals surface area contributed by atoms with Crippen molar-refractivity contribution >= 4 is 11.6 Å². The summed E-state index contributed by atoms with van der Waals surface area (Å²) in [6, 6.07) is -1.41. The molecule has 0 aromatic rings. The monoisotopic (exact) mass is 390 g/mol. The van der Waals surface area contributed by atoms with E-state index in [-0.39, 0.29) is 36.5 Å². The van der Waals surface area contributed by atoms with Gasteiger partial charge in [-0.15, -0.1) is 4.91 Å². The van der Waals surface area contributed by atoms with Gasteiger partial charge >= 0.3 is 0 Å². The van der Waals surface area contributed by atoms with Crippen LogP contribution in [0.1, 0.15) is 60.8 Å². The normalized spacial score (nSPS) is 24.8. The molecule has 28 heavy (non-hydrogen) atoms. The van der Waals surface area contributed by atoms with Crippen molar-refractivity contribution in [2.45, 2.75) is 72.4 Å². The number of rotatable bonds is 9. The first-order chi connectivity index (χ1) is 13.0. The van der Waals surface area contributed by atoms with Gasteiger partial charge in [-0.2, -0.15) is 4.91 Å². The predicted molar refractivity (Wildman–Crippen MR) is 108 cm³/mol. The van der Waals surface area contributed by atoms with Crippen molar-refractivity contribution in [2.24, 2.45) is 22.2 Å². The van der Waals surface area contributed by atoms with Crippen LogP contribution >= 0.6 is 0 Å². The Morgan fingerprint density at radius 2 is 1.71 bits per heavy atom. The largest absolute Gasteiger partial charge is 0.379 e. The Kier molecular flexibility index (Phi) is 8.29. The van der Waals surface area contributed by atoms with E-state index in [0.29, 0.717) is 0 Å². The van der Waals surface area contributed by atoms with Crippen LogP contribution < -0.4 is 0 Å². The molecule has 0 saturated carbocycles. The van der Waals surface area contributed by atoms with Gasteiger partial charge in [0.2, 0.25) is 5.78 Å². The molecule has 1 aliphatic carbocycles. The molecular formula is C21H30N2O5. The summed E-state index contributed by atoms with van der Waals surface area (Å²) in [7, 11) is 0. The molecule has 0 aromatic heterocycles. The highest BCUT2D eigenvalue weighted by Gasteiger charge is 2.56. The number of allylic oxidation sites excluding steroid dienone is 3. The average Bonchev–Trinajstić information content (AvgIpc) is 2.59. The molecule has 0 saturated heterocycles. The zero-order valence-corrected chi connectivity index (χ0v) is 17.5. The van der Waals surface area contributed by atoms with Crippen molar-refractivity contribution in [3.8, 4) is 0 Å². The summed E-state index contributed by atoms with van der Waals surface area (Å²) in [4.78, 5) is 49.2. The van der Waals surface area contributed by atoms with E-state index in [1.54, 1.807) is 26.0 Å². The molecule has 0 aliphatic heterocycles. The number of carbonyl (C=O) groups excluding carboxylic acids is 2. The number of carbonyl (C=O) groups is 2. The highest BCUT2D eigenvalue weighted by Crippen LogP contribution is 2.42. The van der Waals surface area contributed by atoms with E-state index < -0.39 is 29.1 Å². The number of aliphatic hydroxyl groups is 1. The number of nitroso groups, excluding NO2 is 2. The summed E-state index contributed by atoms with van der Waals surface area (Å²) in [5.41, 5.74) is -1.09. The first kappa shape index (κ1) is 23.8. The van der Waals surface area contributed by atoms with Crippen LogP contribution in [-0.4, -0.2) is 28.3 Å². The Morgan fingerprint density at radius 3 is 2.14 bits per heavy atom. The van der Waals surface area contributed by atoms with Crippen molar-refractivity contribution in [1.82, 2.24) is 0 Å². The Morgan fingerprint density at radius 1 is 1.14 bits per heavy atom. The molecule has 7 nitrogen and oxygen atoms in total. The summed E-state index contributed by atoms with van der Waals surface area (Å²) in [6.45, 7) is 10.9. The van der Waals surface area contributed by atoms with Gasteiger partial charge in [0.1, 0.15) is 11.7 Å². The van der Waals surface area contributed by atoms with Crippen LogP contribution in [0, 0.1) is 21.6 Å². The average molecular weight is 390 g/mol. The van der Waals surface area contributed by atoms with Gasteiger partial charge in [-0.25, -0.2) is 0 Å². The SMILES string of the molecule is CC(C)=CCC1C(N=O)=C(C(=O)CC(C)C)C(=O)[C@](O)(CC=C(C)C)C1N=O. The van der Waals surface area contributed by atoms with Crippen molar-refractivity contribution in [3.05, 3.63) is 44.4 Å². The van der Waals surface area contributed by atoms with Crippen molar-refractivity contribution in [3.63, 3.8) is 0 Å². The lowest BCUT2D eigenvalue weighted by Crippen LogP contribution is -2.56. The second-order valence-electron chi connectivity index (χ2n) is 8.29. The van der Waals surface area contributed by atoms with Crippen LogP contribution in [0.15, 0.2) is 44.9 Å². The highest BCUT2D eigenvalue weighted by molar-refractivity contribution is 6.24. The standard InChI is InChI=1S/C21H30N2O5/c1-12(2)7-8-15-18(22-27)17(16(24)11-14(5)6)20(25)21(26,19(15)23-28)10-9-13(3)4/h7,9,14-15,19,26H,8,10-11H2,1-6H3/t15?,19?,21-/m0/s1. The molecule has 3 atom stereocenters. The van der Waals surface area contributed by atoms with E-state index in [9.17, 15) is 24.5 Å². The third-order valence-electron chi connectivity index (χ3n) is 4.78. The van der Waals surface area contributed by atoms with Crippen molar-refractivity contribution in [2.75, 3.05) is 0 Å². The summed E-state index contributed by atoms with van der Waals surface area (Å²) >= 11 is 0. The fraction of sp³-hybridized carbons (Fsp3) is 0.619. The Bertz CT molecular complexity index is 740. The number of Topliss-reactive ketones (excluding diaryl/α,β-unsaturated/α-hetero) is 2. The summed E-state index contributed by atoms with van der Waals surface area (Å²) < 4.78 is 0. The highest BCUT2D eigenvalue weighted by atomic mass is 16.3. The maximum atomic E-state index is 13.1. The fourth-order valence-electron chi connectivity index (χ4n) is 3.33. The fourth-order valence-corrected chi connectivity index (χ4v) is 3.33. The zero-order chi connectivity index (χ0) is 21.6. The number of nitrogens with zero attached hydrogens (tertiary/aromatic N) is 2. The van der Waals surface area contributed by atoms with Gasteiger partial charge in [0, 0.05) is 18.8 Å². The second kappa shape index (κ2) is 9.78. The van der Waals surface area contributed by atoms with Gasteiger partial charge < -0.3 is 5.11 Å². The van der Waals surface area contributed by atoms with Crippen LogP contribution in [0.3, 0.4) is 0 Å². The molecule has 0 fully saturated rings. The molecule has 1 rings (SSSR count). The van der Waals surface area contributed by atoms with E-state index in [1.165, 1.54) is 0 Å². The minimum absolute atomic E-state index is 0.0351. The van der Waals surface area contributed by atoms with Gasteiger partial charge in [0.25, 0.3) is 0 Å². The first-order valence-corrected chi connectivity index (χ1v) is 9.46. The maximum Gasteiger partial charge on any atom is 0.202 e. The van der Waals surface area contributed by atoms with E-state index in [2.05, 4.69) is 10.4 Å². The Labute approximate surface area is 165 Å². The molecule has 7 heteroatoms. The van der Waals surface area contributed by atoms with Gasteiger partial charge in [0.15, 0.2) is 11.4 Å². The summed E-state index contributed by atoms with van der Waals surface area (Å²) in [5, 5.41) is 17.2. The molecule has 0 bridgehead atoms. The summed E-state index contributed by atoms with van der Waals surface area (Å²) in [5.74, 6) is -2.48. The molecule has 0 radical (unpaired) electrons. The molecule has 2 unspecified atom stereocenters. The third-order valence-corrected chi connectivity index (χ3v) is 4.78. The maximum absolute atomic E-state index is 13.1. The number of hydrogen-bond acceptors (Lipinski definition) is 7. The Balaban J connectivity index is 3.70. The molecule has 1 N–H and O–H groups in total. The third kappa shape index (κ3) is 5.16. The molecule has 1 aliphatic rings. The second-order valence-corrected chi connectivity index (χ2v) is 8.29. The molecule has 0 spiro atoms. The topological polar surface area (TPSA) is 113 Å². The molecular weight excluding hydrogens is 360 g/mol. The quantitative estimate of drug-likeness (QED) is 0.356. The van der Waals surface area contributed by atoms with Gasteiger partial charge in [-0.05, 0) is 45.2 Å². The molecule has 0 amide bonds. The smallest absolute Gasteiger partial charge is 0.202 e. The minimum Gasteiger partial charge on any atom is -0.379 e. The lowest BCUT2D eigenvalue weighted by Gasteiger charge is -2.39. The van der Waals surface area contributed by atoms with Gasteiger partial charge in [-0.3, -0.25) is 9.59 Å². The molecule has 0 aromatic carbocycles. The molecule has 154 valence electrons. The van der Waals surface area contributed by atoms with Crippen molar-refractivity contribution in [1.29, 1.82) is 0 Å². The van der Waals surface area contributed by atoms with Crippen LogP contribution in [0.5, 0.6) is 0 Å². The predicted octanol–water partition coefficient (Wildman–Crippen LogP) is 4.40. The van der Waals surface area contributed by atoms with E-state index in [4.69, 9.17) is 0 Å². The molecule has 0 heterocycles. The van der Waals surface area contributed by atoms with Crippen LogP contribution in [0.4, 0.5) is 0 Å².